The van der Waals surface area contributed by atoms with E-state index in [1.165, 1.54) is 25.2 Å². The molecule has 2 aliphatic heterocycles. The number of hydrogen-bond donors (Lipinski definition) is 0. The third-order valence-corrected chi connectivity index (χ3v) is 7.08. The maximum atomic E-state index is 14.3. The molecule has 0 unspecified atom stereocenters. The Bertz CT molecular complexity index is 974. The molecule has 3 fully saturated rings. The number of ether oxygens (including phenoxy) is 1. The van der Waals surface area contributed by atoms with Crippen LogP contribution in [-0.2, 0) is 4.74 Å². The van der Waals surface area contributed by atoms with Crippen molar-refractivity contribution in [3.63, 3.8) is 0 Å². The summed E-state index contributed by atoms with van der Waals surface area (Å²) in [4.78, 5) is 31.0. The molecule has 1 aliphatic carbocycles. The van der Waals surface area contributed by atoms with Crippen LogP contribution in [0.5, 0.6) is 0 Å². The second kappa shape index (κ2) is 8.61. The SMILES string of the molecule is CCOC(=O)N1CC2(CC[C@@H](N3CCN(c4ncccc4-c4nccnc4F)CC3)C2)C1. The molecule has 1 spiro atoms. The van der Waals surface area contributed by atoms with Gasteiger partial charge in [-0.05, 0) is 38.3 Å². The lowest BCUT2D eigenvalue weighted by Crippen LogP contribution is -2.58. The Labute approximate surface area is 187 Å². The highest BCUT2D eigenvalue weighted by atomic mass is 19.1. The zero-order chi connectivity index (χ0) is 22.1. The van der Waals surface area contributed by atoms with E-state index in [1.54, 1.807) is 12.3 Å². The van der Waals surface area contributed by atoms with Crippen LogP contribution < -0.4 is 4.90 Å². The number of pyridine rings is 1. The number of hydrogen-bond acceptors (Lipinski definition) is 7. The Morgan fingerprint density at radius 3 is 2.69 bits per heavy atom. The fraction of sp³-hybridized carbons (Fsp3) is 0.565. The highest BCUT2D eigenvalue weighted by Gasteiger charge is 2.51. The molecule has 0 radical (unpaired) electrons. The molecule has 1 saturated carbocycles. The van der Waals surface area contributed by atoms with Crippen molar-refractivity contribution in [3.8, 4) is 11.3 Å². The fourth-order valence-electron chi connectivity index (χ4n) is 5.52. The molecule has 2 aromatic rings. The fourth-order valence-corrected chi connectivity index (χ4v) is 5.52. The van der Waals surface area contributed by atoms with Gasteiger partial charge >= 0.3 is 6.09 Å². The number of amides is 1. The van der Waals surface area contributed by atoms with Crippen molar-refractivity contribution in [2.75, 3.05) is 50.8 Å². The van der Waals surface area contributed by atoms with E-state index in [-0.39, 0.29) is 17.2 Å². The molecule has 1 atom stereocenters. The summed E-state index contributed by atoms with van der Waals surface area (Å²) in [6, 6.07) is 4.22. The second-order valence-corrected chi connectivity index (χ2v) is 9.04. The van der Waals surface area contributed by atoms with Crippen LogP contribution in [0.25, 0.3) is 11.3 Å². The van der Waals surface area contributed by atoms with E-state index in [0.717, 1.165) is 51.5 Å². The van der Waals surface area contributed by atoms with Gasteiger partial charge in [-0.3, -0.25) is 4.90 Å². The van der Waals surface area contributed by atoms with Gasteiger partial charge in [-0.15, -0.1) is 0 Å². The van der Waals surface area contributed by atoms with Gasteiger partial charge in [0.2, 0.25) is 5.95 Å². The van der Waals surface area contributed by atoms with Gasteiger partial charge in [-0.25, -0.2) is 19.7 Å². The van der Waals surface area contributed by atoms with Gasteiger partial charge in [0.15, 0.2) is 0 Å². The van der Waals surface area contributed by atoms with Gasteiger partial charge in [0.25, 0.3) is 0 Å². The van der Waals surface area contributed by atoms with E-state index in [2.05, 4.69) is 24.8 Å². The van der Waals surface area contributed by atoms with Crippen molar-refractivity contribution in [2.24, 2.45) is 5.41 Å². The minimum Gasteiger partial charge on any atom is -0.450 e. The third kappa shape index (κ3) is 3.90. The Kier molecular flexibility index (Phi) is 5.67. The number of carbonyl (C=O) groups is 1. The lowest BCUT2D eigenvalue weighted by molar-refractivity contribution is -0.00294. The highest BCUT2D eigenvalue weighted by Crippen LogP contribution is 2.47. The lowest BCUT2D eigenvalue weighted by Gasteiger charge is -2.48. The van der Waals surface area contributed by atoms with Crippen molar-refractivity contribution in [3.05, 3.63) is 36.7 Å². The molecule has 4 heterocycles. The van der Waals surface area contributed by atoms with Gasteiger partial charge in [0, 0.05) is 74.9 Å². The topological polar surface area (TPSA) is 74.7 Å². The zero-order valence-corrected chi connectivity index (χ0v) is 18.4. The van der Waals surface area contributed by atoms with E-state index >= 15 is 0 Å². The highest BCUT2D eigenvalue weighted by molar-refractivity contribution is 5.73. The summed E-state index contributed by atoms with van der Waals surface area (Å²) in [5.41, 5.74) is 1.19. The molecule has 8 nitrogen and oxygen atoms in total. The normalized spacial score (nSPS) is 22.8. The van der Waals surface area contributed by atoms with Crippen LogP contribution in [0.3, 0.4) is 0 Å². The molecular formula is C23H29FN6O2. The minimum atomic E-state index is -0.575. The number of rotatable bonds is 4. The van der Waals surface area contributed by atoms with Gasteiger partial charge < -0.3 is 14.5 Å². The monoisotopic (exact) mass is 440 g/mol. The summed E-state index contributed by atoms with van der Waals surface area (Å²) in [5.74, 6) is 0.188. The number of piperazine rings is 1. The van der Waals surface area contributed by atoms with Crippen molar-refractivity contribution in [2.45, 2.75) is 32.2 Å². The summed E-state index contributed by atoms with van der Waals surface area (Å²) < 4.78 is 19.4. The first-order valence-corrected chi connectivity index (χ1v) is 11.4. The molecule has 32 heavy (non-hydrogen) atoms. The van der Waals surface area contributed by atoms with Gasteiger partial charge in [0.05, 0.1) is 6.61 Å². The largest absolute Gasteiger partial charge is 0.450 e. The van der Waals surface area contributed by atoms with E-state index in [0.29, 0.717) is 18.2 Å². The second-order valence-electron chi connectivity index (χ2n) is 9.04. The quantitative estimate of drug-likeness (QED) is 0.724. The van der Waals surface area contributed by atoms with Crippen LogP contribution >= 0.6 is 0 Å². The van der Waals surface area contributed by atoms with Crippen LogP contribution in [0.15, 0.2) is 30.7 Å². The molecule has 0 bridgehead atoms. The predicted molar refractivity (Wildman–Crippen MR) is 118 cm³/mol. The van der Waals surface area contributed by atoms with Crippen molar-refractivity contribution >= 4 is 11.9 Å². The van der Waals surface area contributed by atoms with Crippen LogP contribution in [0.1, 0.15) is 26.2 Å². The third-order valence-electron chi connectivity index (χ3n) is 7.08. The van der Waals surface area contributed by atoms with Crippen LogP contribution in [0.4, 0.5) is 15.0 Å². The predicted octanol–water partition coefficient (Wildman–Crippen LogP) is 2.81. The molecule has 170 valence electrons. The summed E-state index contributed by atoms with van der Waals surface area (Å²) >= 11 is 0. The number of halogens is 1. The van der Waals surface area contributed by atoms with Crippen molar-refractivity contribution < 1.29 is 13.9 Å². The van der Waals surface area contributed by atoms with E-state index in [4.69, 9.17) is 4.74 Å². The lowest BCUT2D eigenvalue weighted by atomic mass is 9.78. The molecule has 3 aliphatic rings. The Morgan fingerprint density at radius 1 is 1.16 bits per heavy atom. The number of aromatic nitrogens is 3. The molecule has 9 heteroatoms. The maximum Gasteiger partial charge on any atom is 0.409 e. The Morgan fingerprint density at radius 2 is 1.94 bits per heavy atom. The van der Waals surface area contributed by atoms with E-state index in [1.807, 2.05) is 17.9 Å². The van der Waals surface area contributed by atoms with Crippen molar-refractivity contribution in [1.82, 2.24) is 24.8 Å². The smallest absolute Gasteiger partial charge is 0.409 e. The average molecular weight is 441 g/mol. The number of anilines is 1. The molecule has 0 N–H and O–H groups in total. The first kappa shape index (κ1) is 21.1. The number of likely N-dealkylation sites (tertiary alicyclic amines) is 1. The summed E-state index contributed by atoms with van der Waals surface area (Å²) in [6.45, 7) is 7.48. The molecule has 2 aromatic heterocycles. The van der Waals surface area contributed by atoms with Gasteiger partial charge in [-0.1, -0.05) is 0 Å². The minimum absolute atomic E-state index is 0.180. The molecule has 2 saturated heterocycles. The first-order chi connectivity index (χ1) is 15.6. The van der Waals surface area contributed by atoms with Crippen LogP contribution in [-0.4, -0.2) is 82.8 Å². The number of nitrogens with zero attached hydrogens (tertiary/aromatic N) is 6. The average Bonchev–Trinajstić information content (AvgIpc) is 3.25. The maximum absolute atomic E-state index is 14.3. The first-order valence-electron chi connectivity index (χ1n) is 11.4. The summed E-state index contributed by atoms with van der Waals surface area (Å²) in [6.07, 6.45) is 7.92. The summed E-state index contributed by atoms with van der Waals surface area (Å²) in [5, 5.41) is 0. The van der Waals surface area contributed by atoms with E-state index in [9.17, 15) is 9.18 Å². The molecule has 1 amide bonds. The Hall–Kier alpha value is -2.81. The van der Waals surface area contributed by atoms with Gasteiger partial charge in [-0.2, -0.15) is 4.39 Å². The van der Waals surface area contributed by atoms with Crippen molar-refractivity contribution in [1.29, 1.82) is 0 Å². The van der Waals surface area contributed by atoms with Gasteiger partial charge in [0.1, 0.15) is 11.5 Å². The molecule has 0 aromatic carbocycles. The number of carbonyl (C=O) groups excluding carboxylic acids is 1. The standard InChI is InChI=1S/C23H29FN6O2/c1-2-32-22(31)30-15-23(16-30)6-5-17(14-23)28-10-12-29(13-11-28)21-18(4-3-7-27-21)19-20(24)26-9-8-25-19/h3-4,7-9,17H,2,5-6,10-16H2,1H3/t17-/m1/s1. The summed E-state index contributed by atoms with van der Waals surface area (Å²) in [7, 11) is 0. The zero-order valence-electron chi connectivity index (χ0n) is 18.4. The molecule has 5 rings (SSSR count). The van der Waals surface area contributed by atoms with Crippen LogP contribution in [0.2, 0.25) is 0 Å². The van der Waals surface area contributed by atoms with E-state index < -0.39 is 5.95 Å². The molecular weight excluding hydrogens is 411 g/mol. The Balaban J connectivity index is 1.20. The van der Waals surface area contributed by atoms with Crippen LogP contribution in [0, 0.1) is 11.4 Å².